The van der Waals surface area contributed by atoms with Gasteiger partial charge in [0, 0.05) is 34.0 Å². The quantitative estimate of drug-likeness (QED) is 0.134. The Bertz CT molecular complexity index is 1310. The summed E-state index contributed by atoms with van der Waals surface area (Å²) in [4.78, 5) is 36.1. The summed E-state index contributed by atoms with van der Waals surface area (Å²) < 4.78 is 2.86. The fourth-order valence-electron chi connectivity index (χ4n) is 3.68. The van der Waals surface area contributed by atoms with Gasteiger partial charge in [0.05, 0.1) is 16.7 Å². The van der Waals surface area contributed by atoms with Crippen molar-refractivity contribution in [3.63, 3.8) is 0 Å². The number of hydrogen-bond donors (Lipinski definition) is 2. The van der Waals surface area contributed by atoms with Crippen molar-refractivity contribution in [3.8, 4) is 0 Å². The molecule has 0 aliphatic carbocycles. The van der Waals surface area contributed by atoms with Crippen molar-refractivity contribution in [1.29, 1.82) is 0 Å². The van der Waals surface area contributed by atoms with Crippen molar-refractivity contribution < 1.29 is 14.5 Å². The number of thioether (sulfide) groups is 1. The first-order chi connectivity index (χ1) is 17.5. The van der Waals surface area contributed by atoms with E-state index in [0.29, 0.717) is 11.0 Å². The first kappa shape index (κ1) is 28.6. The molecule has 37 heavy (non-hydrogen) atoms. The summed E-state index contributed by atoms with van der Waals surface area (Å²) in [6.07, 6.45) is 0. The van der Waals surface area contributed by atoms with Gasteiger partial charge in [0.1, 0.15) is 0 Å². The highest BCUT2D eigenvalue weighted by Crippen LogP contribution is 2.28. The van der Waals surface area contributed by atoms with E-state index >= 15 is 0 Å². The zero-order chi connectivity index (χ0) is 27.3. The van der Waals surface area contributed by atoms with Crippen LogP contribution < -0.4 is 10.6 Å². The molecule has 0 unspecified atom stereocenters. The minimum atomic E-state index is -0.541. The van der Waals surface area contributed by atoms with Gasteiger partial charge in [-0.3, -0.25) is 19.7 Å². The van der Waals surface area contributed by atoms with Crippen LogP contribution in [0.2, 0.25) is 0 Å². The number of nitrogens with zero attached hydrogens (tertiary/aromatic N) is 4. The summed E-state index contributed by atoms with van der Waals surface area (Å²) in [5.41, 5.74) is 1.90. The Hall–Kier alpha value is -3.00. The molecule has 2 N–H and O–H groups in total. The number of aromatic nitrogens is 3. The molecule has 0 saturated heterocycles. The van der Waals surface area contributed by atoms with Crippen LogP contribution in [-0.4, -0.2) is 37.3 Å². The number of amides is 2. The molecule has 0 aliphatic heterocycles. The first-order valence-corrected chi connectivity index (χ1v) is 13.7. The summed E-state index contributed by atoms with van der Waals surface area (Å²) >= 11 is 3.51. The van der Waals surface area contributed by atoms with Crippen LogP contribution in [0.15, 0.2) is 47.6 Å². The second kappa shape index (κ2) is 12.5. The first-order valence-electron chi connectivity index (χ1n) is 11.6. The average Bonchev–Trinajstić information content (AvgIpc) is 3.21. The van der Waals surface area contributed by atoms with Crippen LogP contribution >= 0.6 is 34.4 Å². The number of carbonyl (C=O) groups is 2. The molecule has 0 bridgehead atoms. The summed E-state index contributed by atoms with van der Waals surface area (Å²) in [5.74, 6) is 0.291. The van der Waals surface area contributed by atoms with Gasteiger partial charge < -0.3 is 15.2 Å². The highest BCUT2D eigenvalue weighted by Gasteiger charge is 2.26. The number of nitro benzene ring substituents is 1. The molecule has 12 heteroatoms. The van der Waals surface area contributed by atoms with E-state index in [1.807, 2.05) is 26.0 Å². The summed E-state index contributed by atoms with van der Waals surface area (Å²) in [5, 5.41) is 26.0. The molecule has 0 spiro atoms. The van der Waals surface area contributed by atoms with Crippen LogP contribution in [0, 0.1) is 19.6 Å². The van der Waals surface area contributed by atoms with Crippen molar-refractivity contribution in [2.24, 2.45) is 13.0 Å². The third-order valence-electron chi connectivity index (χ3n) is 5.66. The average molecular weight is 637 g/mol. The molecule has 1 aromatic heterocycles. The predicted octanol–water partition coefficient (Wildman–Crippen LogP) is 5.31. The van der Waals surface area contributed by atoms with E-state index in [-0.39, 0.29) is 34.7 Å². The van der Waals surface area contributed by atoms with Gasteiger partial charge in [-0.15, -0.1) is 10.2 Å². The fourth-order valence-corrected chi connectivity index (χ4v) is 4.91. The third-order valence-corrected chi connectivity index (χ3v) is 7.35. The van der Waals surface area contributed by atoms with Gasteiger partial charge in [0.25, 0.3) is 11.6 Å². The number of benzene rings is 2. The molecule has 1 atom stereocenters. The lowest BCUT2D eigenvalue weighted by molar-refractivity contribution is -0.384. The van der Waals surface area contributed by atoms with Gasteiger partial charge in [0.15, 0.2) is 11.0 Å². The lowest BCUT2D eigenvalue weighted by Gasteiger charge is -2.21. The zero-order valence-electron chi connectivity index (χ0n) is 21.2. The van der Waals surface area contributed by atoms with Crippen molar-refractivity contribution in [1.82, 2.24) is 20.1 Å². The van der Waals surface area contributed by atoms with Crippen molar-refractivity contribution >= 4 is 57.5 Å². The molecule has 10 nitrogen and oxygen atoms in total. The van der Waals surface area contributed by atoms with E-state index in [1.165, 1.54) is 36.0 Å². The minimum absolute atomic E-state index is 0.0398. The van der Waals surface area contributed by atoms with Gasteiger partial charge in [-0.1, -0.05) is 45.5 Å². The summed E-state index contributed by atoms with van der Waals surface area (Å²) in [7, 11) is 1.78. The van der Waals surface area contributed by atoms with E-state index in [9.17, 15) is 19.7 Å². The van der Waals surface area contributed by atoms with Crippen LogP contribution in [0.3, 0.4) is 0 Å². The second-order valence-corrected chi connectivity index (χ2v) is 11.3. The Labute approximate surface area is 233 Å². The van der Waals surface area contributed by atoms with Crippen LogP contribution in [0.1, 0.15) is 61.4 Å². The van der Waals surface area contributed by atoms with Crippen LogP contribution in [0.5, 0.6) is 0 Å². The van der Waals surface area contributed by atoms with Gasteiger partial charge in [-0.05, 0) is 64.3 Å². The Morgan fingerprint density at radius 1 is 1.14 bits per heavy atom. The van der Waals surface area contributed by atoms with Gasteiger partial charge >= 0.3 is 0 Å². The maximum absolute atomic E-state index is 12.9. The lowest BCUT2D eigenvalue weighted by atomic mass is 10.0. The predicted molar refractivity (Wildman–Crippen MR) is 152 cm³/mol. The maximum atomic E-state index is 12.9. The molecular formula is C25H29IN6O4S. The van der Waals surface area contributed by atoms with E-state index in [4.69, 9.17) is 0 Å². The highest BCUT2D eigenvalue weighted by atomic mass is 127. The van der Waals surface area contributed by atoms with Crippen molar-refractivity contribution in [2.45, 2.75) is 44.8 Å². The van der Waals surface area contributed by atoms with Crippen LogP contribution in [-0.2, 0) is 11.8 Å². The SMILES string of the molecule is CC(C)c1cc(I)ccc1NC(=O)CSc1nnc([C@@H](NC(=O)c2cccc([N+](=O)[O-])c2)C(C)C)n1C. The highest BCUT2D eigenvalue weighted by molar-refractivity contribution is 14.1. The molecule has 0 saturated carbocycles. The molecule has 3 rings (SSSR count). The fraction of sp³-hybridized carbons (Fsp3) is 0.360. The molecule has 3 aromatic rings. The summed E-state index contributed by atoms with van der Waals surface area (Å²) in [6, 6.07) is 11.0. The van der Waals surface area contributed by atoms with Crippen molar-refractivity contribution in [2.75, 3.05) is 11.1 Å². The standard InChI is InChI=1S/C25H29IN6O4S/c1-14(2)19-12-17(26)9-10-20(19)27-21(33)13-37-25-30-29-23(31(25)5)22(15(3)4)28-24(34)16-7-6-8-18(11-16)32(35)36/h6-12,14-15,22H,13H2,1-5H3,(H,27,33)(H,28,34)/t22-/m0/s1. The Morgan fingerprint density at radius 2 is 1.86 bits per heavy atom. The lowest BCUT2D eigenvalue weighted by Crippen LogP contribution is -2.33. The number of anilines is 1. The van der Waals surface area contributed by atoms with Gasteiger partial charge in [0.2, 0.25) is 5.91 Å². The molecule has 0 radical (unpaired) electrons. The molecule has 196 valence electrons. The Balaban J connectivity index is 1.70. The number of carbonyl (C=O) groups excluding carboxylic acids is 2. The normalized spacial score (nSPS) is 12.0. The summed E-state index contributed by atoms with van der Waals surface area (Å²) in [6.45, 7) is 8.03. The van der Waals surface area contributed by atoms with E-state index in [0.717, 1.165) is 14.8 Å². The maximum Gasteiger partial charge on any atom is 0.270 e. The van der Waals surface area contributed by atoms with E-state index in [2.05, 4.69) is 63.3 Å². The number of non-ortho nitro benzene ring substituents is 1. The Kier molecular flexibility index (Phi) is 9.65. The van der Waals surface area contributed by atoms with Gasteiger partial charge in [-0.25, -0.2) is 0 Å². The topological polar surface area (TPSA) is 132 Å². The smallest absolute Gasteiger partial charge is 0.270 e. The number of hydrogen-bond acceptors (Lipinski definition) is 7. The van der Waals surface area contributed by atoms with E-state index in [1.54, 1.807) is 11.6 Å². The largest absolute Gasteiger partial charge is 0.342 e. The second-order valence-electron chi connectivity index (χ2n) is 9.13. The number of rotatable bonds is 10. The number of nitrogens with one attached hydrogen (secondary N) is 2. The molecular weight excluding hydrogens is 607 g/mol. The van der Waals surface area contributed by atoms with Crippen LogP contribution in [0.25, 0.3) is 0 Å². The van der Waals surface area contributed by atoms with E-state index < -0.39 is 16.9 Å². The minimum Gasteiger partial charge on any atom is -0.342 e. The van der Waals surface area contributed by atoms with Crippen molar-refractivity contribution in [3.05, 3.63) is 73.1 Å². The molecule has 0 fully saturated rings. The third kappa shape index (κ3) is 7.28. The molecule has 0 aliphatic rings. The zero-order valence-corrected chi connectivity index (χ0v) is 24.2. The van der Waals surface area contributed by atoms with Crippen LogP contribution in [0.4, 0.5) is 11.4 Å². The molecule has 2 amide bonds. The molecule has 2 aromatic carbocycles. The number of nitro groups is 1. The number of halogens is 1. The van der Waals surface area contributed by atoms with Gasteiger partial charge in [-0.2, -0.15) is 0 Å². The Morgan fingerprint density at radius 3 is 2.51 bits per heavy atom. The molecule has 1 heterocycles. The monoisotopic (exact) mass is 636 g/mol.